The normalized spacial score (nSPS) is 11.3. The highest BCUT2D eigenvalue weighted by Crippen LogP contribution is 2.22. The summed E-state index contributed by atoms with van der Waals surface area (Å²) in [6, 6.07) is 18.4. The average Bonchev–Trinajstić information content (AvgIpc) is 2.77. The molecule has 0 spiro atoms. The van der Waals surface area contributed by atoms with Crippen LogP contribution in [-0.4, -0.2) is 26.6 Å². The standard InChI is InChI=1S/C26H30N2O3S2/c1-18-10-12-24(15-21(18)4)28-33(30,31)25-16-22(11-9-20(25)3)26(29)27-13-14-32-17-23-8-6-5-7-19(23)2/h5-12,15-16,28H,13-14,17H2,1-4H3,(H,27,29). The molecule has 174 valence electrons. The molecule has 0 aromatic heterocycles. The van der Waals surface area contributed by atoms with Gasteiger partial charge in [-0.1, -0.05) is 36.4 Å². The van der Waals surface area contributed by atoms with Crippen LogP contribution in [0.1, 0.15) is 38.2 Å². The Morgan fingerprint density at radius 3 is 2.30 bits per heavy atom. The highest BCUT2D eigenvalue weighted by atomic mass is 32.2. The summed E-state index contributed by atoms with van der Waals surface area (Å²) in [4.78, 5) is 12.7. The van der Waals surface area contributed by atoms with Crippen LogP contribution in [0.4, 0.5) is 5.69 Å². The molecule has 0 aliphatic rings. The summed E-state index contributed by atoms with van der Waals surface area (Å²) in [7, 11) is -3.83. The molecule has 33 heavy (non-hydrogen) atoms. The Labute approximate surface area is 201 Å². The Kier molecular flexibility index (Phi) is 8.21. The van der Waals surface area contributed by atoms with E-state index in [0.717, 1.165) is 22.6 Å². The fraction of sp³-hybridized carbons (Fsp3) is 0.269. The van der Waals surface area contributed by atoms with Crippen molar-refractivity contribution in [2.24, 2.45) is 0 Å². The van der Waals surface area contributed by atoms with Gasteiger partial charge in [-0.2, -0.15) is 11.8 Å². The second-order valence-corrected chi connectivity index (χ2v) is 10.9. The highest BCUT2D eigenvalue weighted by Gasteiger charge is 2.19. The monoisotopic (exact) mass is 482 g/mol. The first-order chi connectivity index (χ1) is 15.7. The first kappa shape index (κ1) is 24.9. The van der Waals surface area contributed by atoms with Gasteiger partial charge < -0.3 is 5.32 Å². The van der Waals surface area contributed by atoms with Gasteiger partial charge in [0.2, 0.25) is 0 Å². The number of hydrogen-bond donors (Lipinski definition) is 2. The van der Waals surface area contributed by atoms with Crippen molar-refractivity contribution in [2.75, 3.05) is 17.0 Å². The van der Waals surface area contributed by atoms with E-state index in [-0.39, 0.29) is 10.8 Å². The first-order valence-electron chi connectivity index (χ1n) is 10.8. The summed E-state index contributed by atoms with van der Waals surface area (Å²) < 4.78 is 28.6. The van der Waals surface area contributed by atoms with Crippen LogP contribution >= 0.6 is 11.8 Å². The third-order valence-electron chi connectivity index (χ3n) is 5.55. The maximum atomic E-state index is 13.0. The fourth-order valence-corrected chi connectivity index (χ4v) is 5.59. The molecule has 0 aliphatic carbocycles. The number of aryl methyl sites for hydroxylation is 4. The molecule has 0 saturated heterocycles. The largest absolute Gasteiger partial charge is 0.351 e. The lowest BCUT2D eigenvalue weighted by molar-refractivity contribution is 0.0956. The molecule has 5 nitrogen and oxygen atoms in total. The van der Waals surface area contributed by atoms with Crippen LogP contribution in [0.2, 0.25) is 0 Å². The number of hydrogen-bond acceptors (Lipinski definition) is 4. The predicted octanol–water partition coefficient (Wildman–Crippen LogP) is 5.38. The second kappa shape index (κ2) is 10.9. The van der Waals surface area contributed by atoms with Gasteiger partial charge in [-0.05, 0) is 79.8 Å². The molecule has 0 aliphatic heterocycles. The summed E-state index contributed by atoms with van der Waals surface area (Å²) in [5.41, 5.74) is 6.04. The first-order valence-corrected chi connectivity index (χ1v) is 13.4. The summed E-state index contributed by atoms with van der Waals surface area (Å²) in [5.74, 6) is 1.37. The van der Waals surface area contributed by atoms with Crippen LogP contribution in [0.5, 0.6) is 0 Å². The van der Waals surface area contributed by atoms with Gasteiger partial charge in [0.05, 0.1) is 4.90 Å². The Morgan fingerprint density at radius 1 is 0.848 bits per heavy atom. The Balaban J connectivity index is 1.61. The fourth-order valence-electron chi connectivity index (χ4n) is 3.34. The molecule has 0 bridgehead atoms. The number of benzene rings is 3. The number of thioether (sulfide) groups is 1. The summed E-state index contributed by atoms with van der Waals surface area (Å²) in [6.45, 7) is 8.23. The molecular formula is C26H30N2O3S2. The number of sulfonamides is 1. The van der Waals surface area contributed by atoms with Crippen LogP contribution in [-0.2, 0) is 15.8 Å². The van der Waals surface area contributed by atoms with Crippen molar-refractivity contribution in [1.29, 1.82) is 0 Å². The number of carbonyl (C=O) groups excluding carboxylic acids is 1. The molecule has 3 aromatic rings. The van der Waals surface area contributed by atoms with Gasteiger partial charge in [0.15, 0.2) is 0 Å². The number of nitrogens with one attached hydrogen (secondary N) is 2. The third-order valence-corrected chi connectivity index (χ3v) is 8.08. The minimum absolute atomic E-state index is 0.0994. The van der Waals surface area contributed by atoms with Crippen LogP contribution in [0.15, 0.2) is 65.6 Å². The van der Waals surface area contributed by atoms with Crippen molar-refractivity contribution >= 4 is 33.4 Å². The molecule has 7 heteroatoms. The molecule has 0 fully saturated rings. The van der Waals surface area contributed by atoms with E-state index >= 15 is 0 Å². The smallest absolute Gasteiger partial charge is 0.262 e. The number of carbonyl (C=O) groups is 1. The topological polar surface area (TPSA) is 75.3 Å². The minimum Gasteiger partial charge on any atom is -0.351 e. The maximum absolute atomic E-state index is 13.0. The average molecular weight is 483 g/mol. The van der Waals surface area contributed by atoms with Crippen molar-refractivity contribution in [3.05, 3.63) is 94.0 Å². The van der Waals surface area contributed by atoms with Crippen LogP contribution in [0, 0.1) is 27.7 Å². The number of anilines is 1. The molecule has 0 heterocycles. The van der Waals surface area contributed by atoms with Gasteiger partial charge in [-0.15, -0.1) is 0 Å². The quantitative estimate of drug-likeness (QED) is 0.401. The van der Waals surface area contributed by atoms with Crippen LogP contribution < -0.4 is 10.0 Å². The molecular weight excluding hydrogens is 452 g/mol. The van der Waals surface area contributed by atoms with E-state index in [2.05, 4.69) is 29.1 Å². The van der Waals surface area contributed by atoms with Crippen molar-refractivity contribution in [2.45, 2.75) is 38.3 Å². The lowest BCUT2D eigenvalue weighted by Gasteiger charge is -2.13. The SMILES string of the molecule is Cc1ccc(NS(=O)(=O)c2cc(C(=O)NCCSCc3ccccc3C)ccc2C)cc1C. The second-order valence-electron chi connectivity index (χ2n) is 8.12. The van der Waals surface area contributed by atoms with E-state index < -0.39 is 10.0 Å². The zero-order valence-electron chi connectivity index (χ0n) is 19.4. The summed E-state index contributed by atoms with van der Waals surface area (Å²) in [5, 5.41) is 2.89. The zero-order valence-corrected chi connectivity index (χ0v) is 21.1. The zero-order chi connectivity index (χ0) is 24.0. The maximum Gasteiger partial charge on any atom is 0.262 e. The van der Waals surface area contributed by atoms with Gasteiger partial charge >= 0.3 is 0 Å². The Morgan fingerprint density at radius 2 is 1.58 bits per heavy atom. The van der Waals surface area contributed by atoms with Crippen molar-refractivity contribution in [1.82, 2.24) is 5.32 Å². The van der Waals surface area contributed by atoms with Crippen LogP contribution in [0.25, 0.3) is 0 Å². The van der Waals surface area contributed by atoms with E-state index in [1.54, 1.807) is 43.0 Å². The molecule has 0 saturated carbocycles. The van der Waals surface area contributed by atoms with Crippen LogP contribution in [0.3, 0.4) is 0 Å². The van der Waals surface area contributed by atoms with E-state index in [4.69, 9.17) is 0 Å². The van der Waals surface area contributed by atoms with E-state index in [1.807, 2.05) is 32.0 Å². The van der Waals surface area contributed by atoms with Gasteiger partial charge in [-0.3, -0.25) is 9.52 Å². The van der Waals surface area contributed by atoms with E-state index in [0.29, 0.717) is 23.4 Å². The lowest BCUT2D eigenvalue weighted by Crippen LogP contribution is -2.26. The minimum atomic E-state index is -3.83. The molecule has 0 radical (unpaired) electrons. The van der Waals surface area contributed by atoms with Crippen molar-refractivity contribution < 1.29 is 13.2 Å². The highest BCUT2D eigenvalue weighted by molar-refractivity contribution is 7.98. The molecule has 0 atom stereocenters. The Bertz CT molecular complexity index is 1250. The van der Waals surface area contributed by atoms with Gasteiger partial charge in [0.1, 0.15) is 0 Å². The number of amides is 1. The lowest BCUT2D eigenvalue weighted by atomic mass is 10.1. The molecule has 3 rings (SSSR count). The van der Waals surface area contributed by atoms with E-state index in [9.17, 15) is 13.2 Å². The molecule has 0 unspecified atom stereocenters. The van der Waals surface area contributed by atoms with Crippen molar-refractivity contribution in [3.63, 3.8) is 0 Å². The predicted molar refractivity (Wildman–Crippen MR) is 138 cm³/mol. The van der Waals surface area contributed by atoms with Gasteiger partial charge in [0.25, 0.3) is 15.9 Å². The van der Waals surface area contributed by atoms with Gasteiger partial charge in [-0.25, -0.2) is 8.42 Å². The Hall–Kier alpha value is -2.77. The molecule has 2 N–H and O–H groups in total. The molecule has 1 amide bonds. The van der Waals surface area contributed by atoms with E-state index in [1.165, 1.54) is 17.2 Å². The van der Waals surface area contributed by atoms with Crippen molar-refractivity contribution in [3.8, 4) is 0 Å². The molecule has 3 aromatic carbocycles. The number of rotatable bonds is 9. The summed E-state index contributed by atoms with van der Waals surface area (Å²) in [6.07, 6.45) is 0. The van der Waals surface area contributed by atoms with Gasteiger partial charge in [0, 0.05) is 29.3 Å². The summed E-state index contributed by atoms with van der Waals surface area (Å²) >= 11 is 1.75. The third kappa shape index (κ3) is 6.62.